The van der Waals surface area contributed by atoms with Crippen LogP contribution in [0.2, 0.25) is 0 Å². The number of aromatic nitrogens is 4. The minimum Gasteiger partial charge on any atom is -0.298 e. The van der Waals surface area contributed by atoms with E-state index in [4.69, 9.17) is 0 Å². The SMILES string of the molecule is Cc1cc2nnc(SC3CCCCC3=O)n2c(C)n1. The molecule has 5 nitrogen and oxygen atoms in total. The van der Waals surface area contributed by atoms with Crippen LogP contribution in [-0.2, 0) is 4.79 Å². The molecule has 0 bridgehead atoms. The van der Waals surface area contributed by atoms with Crippen LogP contribution in [0.3, 0.4) is 0 Å². The first-order chi connectivity index (χ1) is 9.15. The number of hydrogen-bond donors (Lipinski definition) is 0. The highest BCUT2D eigenvalue weighted by molar-refractivity contribution is 8.00. The van der Waals surface area contributed by atoms with E-state index in [-0.39, 0.29) is 5.25 Å². The predicted octanol–water partition coefficient (Wildman–Crippen LogP) is 2.34. The van der Waals surface area contributed by atoms with Crippen LogP contribution in [0.25, 0.3) is 5.65 Å². The average molecular weight is 276 g/mol. The van der Waals surface area contributed by atoms with Crippen molar-refractivity contribution in [2.75, 3.05) is 0 Å². The Labute approximate surface area is 115 Å². The summed E-state index contributed by atoms with van der Waals surface area (Å²) in [5.41, 5.74) is 1.73. The summed E-state index contributed by atoms with van der Waals surface area (Å²) in [7, 11) is 0. The monoisotopic (exact) mass is 276 g/mol. The Hall–Kier alpha value is -1.43. The molecule has 0 aliphatic heterocycles. The van der Waals surface area contributed by atoms with E-state index in [1.54, 1.807) is 0 Å². The van der Waals surface area contributed by atoms with Crippen LogP contribution in [0.4, 0.5) is 0 Å². The number of rotatable bonds is 2. The normalized spacial score (nSPS) is 20.1. The highest BCUT2D eigenvalue weighted by Gasteiger charge is 2.25. The summed E-state index contributed by atoms with van der Waals surface area (Å²) in [5.74, 6) is 1.21. The number of nitrogens with zero attached hydrogens (tertiary/aromatic N) is 4. The van der Waals surface area contributed by atoms with E-state index < -0.39 is 0 Å². The van der Waals surface area contributed by atoms with E-state index in [1.807, 2.05) is 24.3 Å². The maximum Gasteiger partial charge on any atom is 0.197 e. The Kier molecular flexibility index (Phi) is 3.26. The van der Waals surface area contributed by atoms with Crippen molar-refractivity contribution in [3.63, 3.8) is 0 Å². The van der Waals surface area contributed by atoms with Crippen LogP contribution in [0.15, 0.2) is 11.2 Å². The Morgan fingerprint density at radius 3 is 2.95 bits per heavy atom. The van der Waals surface area contributed by atoms with Crippen molar-refractivity contribution in [3.8, 4) is 0 Å². The van der Waals surface area contributed by atoms with Gasteiger partial charge in [0.2, 0.25) is 0 Å². The zero-order valence-corrected chi connectivity index (χ0v) is 11.9. The first-order valence-corrected chi connectivity index (χ1v) is 7.42. The largest absolute Gasteiger partial charge is 0.298 e. The van der Waals surface area contributed by atoms with Gasteiger partial charge in [-0.25, -0.2) is 4.98 Å². The zero-order chi connectivity index (χ0) is 13.4. The van der Waals surface area contributed by atoms with E-state index in [0.717, 1.165) is 41.6 Å². The van der Waals surface area contributed by atoms with Crippen molar-refractivity contribution in [1.82, 2.24) is 19.6 Å². The van der Waals surface area contributed by atoms with Gasteiger partial charge >= 0.3 is 0 Å². The van der Waals surface area contributed by atoms with Crippen molar-refractivity contribution in [1.29, 1.82) is 0 Å². The van der Waals surface area contributed by atoms with Gasteiger partial charge < -0.3 is 0 Å². The second-order valence-electron chi connectivity index (χ2n) is 4.94. The number of ketones is 1. The van der Waals surface area contributed by atoms with Crippen LogP contribution in [0, 0.1) is 13.8 Å². The van der Waals surface area contributed by atoms with Crippen molar-refractivity contribution in [3.05, 3.63) is 17.6 Å². The molecule has 0 amide bonds. The molecule has 2 heterocycles. The summed E-state index contributed by atoms with van der Waals surface area (Å²) in [6.07, 6.45) is 3.79. The summed E-state index contributed by atoms with van der Waals surface area (Å²) >= 11 is 1.53. The van der Waals surface area contributed by atoms with Crippen LogP contribution >= 0.6 is 11.8 Å². The van der Waals surface area contributed by atoms with E-state index >= 15 is 0 Å². The van der Waals surface area contributed by atoms with Crippen LogP contribution < -0.4 is 0 Å². The fourth-order valence-electron chi connectivity index (χ4n) is 2.48. The fraction of sp³-hybridized carbons (Fsp3) is 0.538. The predicted molar refractivity (Wildman–Crippen MR) is 73.4 cm³/mol. The molecule has 1 unspecified atom stereocenters. The maximum absolute atomic E-state index is 11.9. The third-order valence-electron chi connectivity index (χ3n) is 3.40. The van der Waals surface area contributed by atoms with Crippen molar-refractivity contribution < 1.29 is 4.79 Å². The van der Waals surface area contributed by atoms with Crippen molar-refractivity contribution in [2.45, 2.75) is 49.9 Å². The first kappa shape index (κ1) is 12.6. The Balaban J connectivity index is 1.95. The molecule has 6 heteroatoms. The van der Waals surface area contributed by atoms with Crippen LogP contribution in [0.5, 0.6) is 0 Å². The number of aryl methyl sites for hydroxylation is 2. The molecule has 100 valence electrons. The quantitative estimate of drug-likeness (QED) is 0.842. The average Bonchev–Trinajstić information content (AvgIpc) is 2.75. The van der Waals surface area contributed by atoms with Crippen molar-refractivity contribution >= 4 is 23.2 Å². The molecule has 2 aromatic rings. The summed E-state index contributed by atoms with van der Waals surface area (Å²) < 4.78 is 1.93. The number of Topliss-reactive ketones (excluding diaryl/α,β-unsaturated/α-hetero) is 1. The zero-order valence-electron chi connectivity index (χ0n) is 11.1. The molecule has 0 radical (unpaired) electrons. The molecule has 1 fully saturated rings. The second-order valence-corrected chi connectivity index (χ2v) is 6.11. The van der Waals surface area contributed by atoms with Gasteiger partial charge in [0.25, 0.3) is 0 Å². The van der Waals surface area contributed by atoms with Gasteiger partial charge in [-0.15, -0.1) is 10.2 Å². The molecule has 1 aliphatic rings. The highest BCUT2D eigenvalue weighted by Crippen LogP contribution is 2.31. The van der Waals surface area contributed by atoms with Gasteiger partial charge in [-0.3, -0.25) is 9.20 Å². The van der Waals surface area contributed by atoms with Gasteiger partial charge in [0.05, 0.1) is 5.25 Å². The summed E-state index contributed by atoms with van der Waals surface area (Å²) in [6, 6.07) is 1.91. The number of thioether (sulfide) groups is 1. The number of carbonyl (C=O) groups excluding carboxylic acids is 1. The Bertz CT molecular complexity index is 637. The molecule has 19 heavy (non-hydrogen) atoms. The van der Waals surface area contributed by atoms with E-state index in [9.17, 15) is 4.79 Å². The topological polar surface area (TPSA) is 60.2 Å². The number of hydrogen-bond acceptors (Lipinski definition) is 5. The van der Waals surface area contributed by atoms with Gasteiger partial charge in [0.1, 0.15) is 11.6 Å². The Morgan fingerprint density at radius 2 is 2.16 bits per heavy atom. The van der Waals surface area contributed by atoms with Crippen LogP contribution in [-0.4, -0.2) is 30.6 Å². The lowest BCUT2D eigenvalue weighted by atomic mass is 9.99. The van der Waals surface area contributed by atoms with Gasteiger partial charge in [0.15, 0.2) is 10.8 Å². The van der Waals surface area contributed by atoms with Crippen LogP contribution in [0.1, 0.15) is 37.2 Å². The van der Waals surface area contributed by atoms with Gasteiger partial charge in [-0.1, -0.05) is 18.2 Å². The third-order valence-corrected chi connectivity index (χ3v) is 4.66. The van der Waals surface area contributed by atoms with Gasteiger partial charge in [0, 0.05) is 18.2 Å². The standard InChI is InChI=1S/C13H16N4OS/c1-8-7-12-15-16-13(17(12)9(2)14-8)19-11-6-4-3-5-10(11)18/h7,11H,3-6H2,1-2H3. The molecule has 1 atom stereocenters. The molecule has 0 N–H and O–H groups in total. The second kappa shape index (κ2) is 4.92. The molecule has 3 rings (SSSR count). The van der Waals surface area contributed by atoms with E-state index in [1.165, 1.54) is 11.8 Å². The smallest absolute Gasteiger partial charge is 0.197 e. The minimum atomic E-state index is 0.0295. The number of carbonyl (C=O) groups is 1. The molecule has 1 aliphatic carbocycles. The summed E-state index contributed by atoms with van der Waals surface area (Å²) in [5, 5.41) is 9.19. The van der Waals surface area contributed by atoms with Gasteiger partial charge in [-0.05, 0) is 26.7 Å². The first-order valence-electron chi connectivity index (χ1n) is 6.54. The Morgan fingerprint density at radius 1 is 1.32 bits per heavy atom. The minimum absolute atomic E-state index is 0.0295. The maximum atomic E-state index is 11.9. The summed E-state index contributed by atoms with van der Waals surface area (Å²) in [4.78, 5) is 16.3. The lowest BCUT2D eigenvalue weighted by Gasteiger charge is -2.18. The van der Waals surface area contributed by atoms with Crippen molar-refractivity contribution in [2.24, 2.45) is 0 Å². The molecule has 2 aromatic heterocycles. The molecular formula is C13H16N4OS. The summed E-state index contributed by atoms with van der Waals surface area (Å²) in [6.45, 7) is 3.88. The lowest BCUT2D eigenvalue weighted by Crippen LogP contribution is -2.21. The molecule has 1 saturated carbocycles. The molecular weight excluding hydrogens is 260 g/mol. The van der Waals surface area contributed by atoms with Gasteiger partial charge in [-0.2, -0.15) is 0 Å². The highest BCUT2D eigenvalue weighted by atomic mass is 32.2. The number of fused-ring (bicyclic) bond motifs is 1. The third kappa shape index (κ3) is 2.36. The molecule has 0 spiro atoms. The fourth-order valence-corrected chi connectivity index (χ4v) is 3.69. The van der Waals surface area contributed by atoms with E-state index in [0.29, 0.717) is 12.2 Å². The lowest BCUT2D eigenvalue weighted by molar-refractivity contribution is -0.119. The molecule has 0 aromatic carbocycles. The van der Waals surface area contributed by atoms with E-state index in [2.05, 4.69) is 15.2 Å². The molecule has 0 saturated heterocycles.